The molecule has 0 atom stereocenters. The van der Waals surface area contributed by atoms with Gasteiger partial charge in [0.25, 0.3) is 0 Å². The average Bonchev–Trinajstić information content (AvgIpc) is 3.00. The van der Waals surface area contributed by atoms with E-state index in [1.54, 1.807) is 11.3 Å². The maximum atomic E-state index is 5.29. The van der Waals surface area contributed by atoms with E-state index in [9.17, 15) is 0 Å². The number of nitrogens with zero attached hydrogens (tertiary/aromatic N) is 1. The van der Waals surface area contributed by atoms with Crippen LogP contribution in [0.4, 0.5) is 5.69 Å². The highest BCUT2D eigenvalue weighted by Gasteiger charge is 2.06. The second kappa shape index (κ2) is 7.53. The Hall–Kier alpha value is -1.98. The molecule has 0 spiro atoms. The summed E-state index contributed by atoms with van der Waals surface area (Å²) < 4.78 is 1.21. The predicted molar refractivity (Wildman–Crippen MR) is 104 cm³/mol. The number of hydrogen-bond donors (Lipinski definition) is 2. The van der Waals surface area contributed by atoms with Gasteiger partial charge in [0, 0.05) is 17.8 Å². The van der Waals surface area contributed by atoms with Crippen LogP contribution in [0.3, 0.4) is 0 Å². The molecule has 0 amide bonds. The van der Waals surface area contributed by atoms with Crippen molar-refractivity contribution in [1.82, 2.24) is 10.3 Å². The average molecular weight is 342 g/mol. The van der Waals surface area contributed by atoms with Crippen LogP contribution >= 0.6 is 23.6 Å². The number of thiocarbonyl (C=S) groups is 1. The van der Waals surface area contributed by atoms with Gasteiger partial charge in [-0.15, -0.1) is 11.3 Å². The Labute approximate surface area is 145 Å². The van der Waals surface area contributed by atoms with Crippen LogP contribution in [0.25, 0.3) is 20.8 Å². The summed E-state index contributed by atoms with van der Waals surface area (Å²) in [4.78, 5) is 4.68. The van der Waals surface area contributed by atoms with Crippen molar-refractivity contribution in [2.45, 2.75) is 19.8 Å². The molecule has 0 bridgehead atoms. The zero-order chi connectivity index (χ0) is 16.1. The monoisotopic (exact) mass is 341 g/mol. The minimum absolute atomic E-state index is 0.672. The third-order valence-electron chi connectivity index (χ3n) is 3.50. The van der Waals surface area contributed by atoms with E-state index in [1.165, 1.54) is 4.70 Å². The fourth-order valence-corrected chi connectivity index (χ4v) is 3.44. The zero-order valence-corrected chi connectivity index (χ0v) is 14.6. The maximum absolute atomic E-state index is 5.29. The Morgan fingerprint density at radius 3 is 2.65 bits per heavy atom. The number of nitrogens with one attached hydrogen (secondary N) is 2. The van der Waals surface area contributed by atoms with Crippen LogP contribution in [0.2, 0.25) is 0 Å². The predicted octanol–water partition coefficient (Wildman–Crippen LogP) is 5.05. The highest BCUT2D eigenvalue weighted by Crippen LogP contribution is 2.30. The van der Waals surface area contributed by atoms with Gasteiger partial charge in [0.05, 0.1) is 10.2 Å². The van der Waals surface area contributed by atoms with Crippen LogP contribution in [0.5, 0.6) is 0 Å². The molecule has 0 saturated heterocycles. The van der Waals surface area contributed by atoms with Gasteiger partial charge in [-0.1, -0.05) is 25.5 Å². The molecule has 3 nitrogen and oxygen atoms in total. The summed E-state index contributed by atoms with van der Waals surface area (Å²) in [6, 6.07) is 16.4. The van der Waals surface area contributed by atoms with Crippen LogP contribution < -0.4 is 10.6 Å². The van der Waals surface area contributed by atoms with Crippen molar-refractivity contribution in [2.24, 2.45) is 0 Å². The van der Waals surface area contributed by atoms with E-state index in [1.807, 2.05) is 30.3 Å². The molecule has 2 aromatic carbocycles. The lowest BCUT2D eigenvalue weighted by atomic mass is 10.2. The molecule has 0 unspecified atom stereocenters. The topological polar surface area (TPSA) is 37.0 Å². The second-order valence-corrected chi connectivity index (χ2v) is 6.74. The van der Waals surface area contributed by atoms with E-state index < -0.39 is 0 Å². The van der Waals surface area contributed by atoms with Crippen molar-refractivity contribution in [2.75, 3.05) is 11.9 Å². The first-order valence-electron chi connectivity index (χ1n) is 7.77. The van der Waals surface area contributed by atoms with Crippen LogP contribution in [0.15, 0.2) is 48.5 Å². The second-order valence-electron chi connectivity index (χ2n) is 5.30. The lowest BCUT2D eigenvalue weighted by Gasteiger charge is -2.10. The molecule has 2 N–H and O–H groups in total. The fourth-order valence-electron chi connectivity index (χ4n) is 2.25. The Morgan fingerprint density at radius 1 is 1.13 bits per heavy atom. The number of para-hydroxylation sites is 1. The minimum atomic E-state index is 0.672. The summed E-state index contributed by atoms with van der Waals surface area (Å²) in [6.07, 6.45) is 2.28. The van der Waals surface area contributed by atoms with Crippen molar-refractivity contribution in [1.29, 1.82) is 0 Å². The molecule has 1 aromatic heterocycles. The largest absolute Gasteiger partial charge is 0.362 e. The van der Waals surface area contributed by atoms with E-state index in [-0.39, 0.29) is 0 Å². The summed E-state index contributed by atoms with van der Waals surface area (Å²) in [5.74, 6) is 0. The van der Waals surface area contributed by atoms with E-state index in [0.29, 0.717) is 5.11 Å². The highest BCUT2D eigenvalue weighted by molar-refractivity contribution is 7.80. The lowest BCUT2D eigenvalue weighted by molar-refractivity contribution is 0.758. The first kappa shape index (κ1) is 15.9. The fraction of sp³-hybridized carbons (Fsp3) is 0.222. The van der Waals surface area contributed by atoms with E-state index >= 15 is 0 Å². The summed E-state index contributed by atoms with van der Waals surface area (Å²) in [7, 11) is 0. The molecule has 3 aromatic rings. The molecule has 23 heavy (non-hydrogen) atoms. The molecule has 0 aliphatic rings. The number of aromatic nitrogens is 1. The number of rotatable bonds is 5. The van der Waals surface area contributed by atoms with Crippen LogP contribution in [0, 0.1) is 0 Å². The van der Waals surface area contributed by atoms with Gasteiger partial charge in [0.1, 0.15) is 5.01 Å². The van der Waals surface area contributed by atoms with Gasteiger partial charge in [0.15, 0.2) is 5.11 Å². The maximum Gasteiger partial charge on any atom is 0.170 e. The van der Waals surface area contributed by atoms with Gasteiger partial charge in [-0.25, -0.2) is 4.98 Å². The van der Waals surface area contributed by atoms with Gasteiger partial charge in [-0.3, -0.25) is 0 Å². The Morgan fingerprint density at radius 2 is 1.91 bits per heavy atom. The molecule has 3 rings (SSSR count). The molecular weight excluding hydrogens is 322 g/mol. The molecular formula is C18H19N3S2. The molecule has 0 radical (unpaired) electrons. The Bertz CT molecular complexity index is 760. The zero-order valence-electron chi connectivity index (χ0n) is 13.0. The number of anilines is 1. The van der Waals surface area contributed by atoms with Gasteiger partial charge in [0.2, 0.25) is 0 Å². The molecule has 0 fully saturated rings. The highest BCUT2D eigenvalue weighted by atomic mass is 32.1. The SMILES string of the molecule is CCCCNC(=S)Nc1ccc(-c2nc3ccccc3s2)cc1. The number of fused-ring (bicyclic) bond motifs is 1. The van der Waals surface area contributed by atoms with Crippen molar-refractivity contribution >= 4 is 44.6 Å². The number of benzene rings is 2. The summed E-state index contributed by atoms with van der Waals surface area (Å²) in [6.45, 7) is 3.07. The molecule has 1 heterocycles. The Balaban J connectivity index is 1.68. The van der Waals surface area contributed by atoms with Crippen molar-refractivity contribution < 1.29 is 0 Å². The quantitative estimate of drug-likeness (QED) is 0.503. The number of thiazole rings is 1. The smallest absolute Gasteiger partial charge is 0.170 e. The Kier molecular flexibility index (Phi) is 5.20. The third-order valence-corrected chi connectivity index (χ3v) is 4.83. The lowest BCUT2D eigenvalue weighted by Crippen LogP contribution is -2.29. The van der Waals surface area contributed by atoms with E-state index in [4.69, 9.17) is 12.2 Å². The van der Waals surface area contributed by atoms with Gasteiger partial charge in [-0.05, 0) is 55.0 Å². The molecule has 0 aliphatic heterocycles. The third kappa shape index (κ3) is 4.06. The minimum Gasteiger partial charge on any atom is -0.362 e. The van der Waals surface area contributed by atoms with Gasteiger partial charge < -0.3 is 10.6 Å². The van der Waals surface area contributed by atoms with E-state index in [0.717, 1.165) is 41.2 Å². The van der Waals surface area contributed by atoms with Crippen LogP contribution in [-0.2, 0) is 0 Å². The summed E-state index contributed by atoms with van der Waals surface area (Å²) in [5.41, 5.74) is 3.17. The van der Waals surface area contributed by atoms with Gasteiger partial charge in [-0.2, -0.15) is 0 Å². The molecule has 118 valence electrons. The number of hydrogen-bond acceptors (Lipinski definition) is 3. The summed E-state index contributed by atoms with van der Waals surface area (Å²) >= 11 is 7.00. The molecule has 0 aliphatic carbocycles. The number of unbranched alkanes of at least 4 members (excludes halogenated alkanes) is 1. The first-order valence-corrected chi connectivity index (χ1v) is 8.99. The normalized spacial score (nSPS) is 10.7. The van der Waals surface area contributed by atoms with Crippen molar-refractivity contribution in [3.05, 3.63) is 48.5 Å². The van der Waals surface area contributed by atoms with Crippen molar-refractivity contribution in [3.8, 4) is 10.6 Å². The standard InChI is InChI=1S/C18H19N3S2/c1-2-3-12-19-18(22)20-14-10-8-13(9-11-14)17-21-15-6-4-5-7-16(15)23-17/h4-11H,2-3,12H2,1H3,(H2,19,20,22). The molecule has 0 saturated carbocycles. The summed E-state index contributed by atoms with van der Waals surface area (Å²) in [5, 5.41) is 8.13. The molecule has 5 heteroatoms. The van der Waals surface area contributed by atoms with Crippen molar-refractivity contribution in [3.63, 3.8) is 0 Å². The van der Waals surface area contributed by atoms with E-state index in [2.05, 4.69) is 40.7 Å². The van der Waals surface area contributed by atoms with Crippen LogP contribution in [0.1, 0.15) is 19.8 Å². The van der Waals surface area contributed by atoms with Crippen LogP contribution in [-0.4, -0.2) is 16.6 Å². The first-order chi connectivity index (χ1) is 11.3. The van der Waals surface area contributed by atoms with Gasteiger partial charge >= 0.3 is 0 Å².